The largest absolute Gasteiger partial charge is 0.325 e. The number of hydrogen-bond acceptors (Lipinski definition) is 3. The first-order valence-electron chi connectivity index (χ1n) is 6.30. The number of nitrogens with zero attached hydrogens (tertiary/aromatic N) is 2. The first-order valence-corrected chi connectivity index (χ1v) is 6.30. The van der Waals surface area contributed by atoms with Crippen LogP contribution < -0.4 is 5.73 Å². The van der Waals surface area contributed by atoms with Gasteiger partial charge in [0.2, 0.25) is 0 Å². The van der Waals surface area contributed by atoms with Gasteiger partial charge in [-0.05, 0) is 29.8 Å². The van der Waals surface area contributed by atoms with E-state index in [2.05, 4.69) is 40.3 Å². The maximum absolute atomic E-state index is 5.67. The fraction of sp³-hybridized carbons (Fsp3) is 0.125. The molecule has 94 valence electrons. The van der Waals surface area contributed by atoms with Crippen LogP contribution in [-0.4, -0.2) is 9.97 Å². The van der Waals surface area contributed by atoms with Crippen LogP contribution in [0.15, 0.2) is 48.5 Å². The summed E-state index contributed by atoms with van der Waals surface area (Å²) in [7, 11) is 0. The summed E-state index contributed by atoms with van der Waals surface area (Å²) in [5.74, 6) is 0.756. The minimum Gasteiger partial charge on any atom is -0.325 e. The molecule has 19 heavy (non-hydrogen) atoms. The summed E-state index contributed by atoms with van der Waals surface area (Å²) in [5, 5.41) is 2.45. The summed E-state index contributed by atoms with van der Waals surface area (Å²) in [6.45, 7) is 2.33. The van der Waals surface area contributed by atoms with E-state index in [1.165, 1.54) is 10.8 Å². The summed E-state index contributed by atoms with van der Waals surface area (Å²) in [5.41, 5.74) is 8.56. The molecular formula is C16H15N3. The molecule has 0 aliphatic rings. The van der Waals surface area contributed by atoms with Crippen molar-refractivity contribution in [3.05, 3.63) is 60.0 Å². The van der Waals surface area contributed by atoms with Crippen molar-refractivity contribution in [1.29, 1.82) is 0 Å². The second-order valence-electron chi connectivity index (χ2n) is 4.56. The average Bonchev–Trinajstić information content (AvgIpc) is 2.46. The third kappa shape index (κ3) is 2.33. The standard InChI is InChI=1S/C16H15N3/c1-11-18-15(10-17)9-16(19-11)14-7-6-12-4-2-3-5-13(12)8-14/h2-9H,10,17H2,1H3. The van der Waals surface area contributed by atoms with Crippen LogP contribution in [0.25, 0.3) is 22.0 Å². The van der Waals surface area contributed by atoms with Gasteiger partial charge in [0.15, 0.2) is 0 Å². The molecule has 2 N–H and O–H groups in total. The number of rotatable bonds is 2. The van der Waals surface area contributed by atoms with Crippen LogP contribution in [0.3, 0.4) is 0 Å². The van der Waals surface area contributed by atoms with Gasteiger partial charge in [-0.25, -0.2) is 9.97 Å². The van der Waals surface area contributed by atoms with Crippen LogP contribution in [0.5, 0.6) is 0 Å². The smallest absolute Gasteiger partial charge is 0.126 e. The molecule has 0 radical (unpaired) electrons. The molecule has 0 saturated heterocycles. The van der Waals surface area contributed by atoms with Crippen molar-refractivity contribution in [2.24, 2.45) is 5.73 Å². The SMILES string of the molecule is Cc1nc(CN)cc(-c2ccc3ccccc3c2)n1. The summed E-state index contributed by atoms with van der Waals surface area (Å²) in [6, 6.07) is 16.6. The Morgan fingerprint density at radius 3 is 2.53 bits per heavy atom. The van der Waals surface area contributed by atoms with Crippen LogP contribution in [-0.2, 0) is 6.54 Å². The molecular weight excluding hydrogens is 234 g/mol. The third-order valence-electron chi connectivity index (χ3n) is 3.15. The molecule has 0 amide bonds. The van der Waals surface area contributed by atoms with Crippen molar-refractivity contribution >= 4 is 10.8 Å². The molecule has 2 aromatic carbocycles. The normalized spacial score (nSPS) is 10.8. The minimum absolute atomic E-state index is 0.434. The lowest BCUT2D eigenvalue weighted by atomic mass is 10.0. The van der Waals surface area contributed by atoms with E-state index in [9.17, 15) is 0 Å². The van der Waals surface area contributed by atoms with Gasteiger partial charge in [-0.2, -0.15) is 0 Å². The highest BCUT2D eigenvalue weighted by molar-refractivity contribution is 5.86. The molecule has 0 fully saturated rings. The van der Waals surface area contributed by atoms with Gasteiger partial charge in [-0.1, -0.05) is 36.4 Å². The second-order valence-corrected chi connectivity index (χ2v) is 4.56. The first-order chi connectivity index (χ1) is 9.26. The highest BCUT2D eigenvalue weighted by Gasteiger charge is 2.04. The fourth-order valence-corrected chi connectivity index (χ4v) is 2.23. The van der Waals surface area contributed by atoms with Crippen molar-refractivity contribution < 1.29 is 0 Å². The van der Waals surface area contributed by atoms with Gasteiger partial charge in [-0.15, -0.1) is 0 Å². The van der Waals surface area contributed by atoms with E-state index in [0.29, 0.717) is 6.54 Å². The quantitative estimate of drug-likeness (QED) is 0.759. The van der Waals surface area contributed by atoms with Crippen molar-refractivity contribution in [2.45, 2.75) is 13.5 Å². The predicted octanol–water partition coefficient (Wildman–Crippen LogP) is 3.06. The average molecular weight is 249 g/mol. The van der Waals surface area contributed by atoms with Gasteiger partial charge in [0, 0.05) is 12.1 Å². The number of aryl methyl sites for hydroxylation is 1. The minimum atomic E-state index is 0.434. The Labute approximate surface area is 112 Å². The van der Waals surface area contributed by atoms with Crippen LogP contribution >= 0.6 is 0 Å². The predicted molar refractivity (Wildman–Crippen MR) is 77.6 cm³/mol. The Morgan fingerprint density at radius 1 is 0.947 bits per heavy atom. The Hall–Kier alpha value is -2.26. The number of nitrogens with two attached hydrogens (primary N) is 1. The van der Waals surface area contributed by atoms with Crippen LogP contribution in [0.2, 0.25) is 0 Å². The summed E-state index contributed by atoms with van der Waals surface area (Å²) < 4.78 is 0. The highest BCUT2D eigenvalue weighted by Crippen LogP contribution is 2.23. The first kappa shape index (κ1) is 11.8. The molecule has 0 spiro atoms. The van der Waals surface area contributed by atoms with E-state index < -0.39 is 0 Å². The van der Waals surface area contributed by atoms with Crippen molar-refractivity contribution in [1.82, 2.24) is 9.97 Å². The summed E-state index contributed by atoms with van der Waals surface area (Å²) in [4.78, 5) is 8.80. The topological polar surface area (TPSA) is 51.8 Å². The maximum Gasteiger partial charge on any atom is 0.126 e. The molecule has 0 unspecified atom stereocenters. The maximum atomic E-state index is 5.67. The molecule has 3 nitrogen and oxygen atoms in total. The Kier molecular flexibility index (Phi) is 2.97. The molecule has 0 atom stereocenters. The van der Waals surface area contributed by atoms with E-state index in [1.807, 2.05) is 25.1 Å². The molecule has 0 aliphatic carbocycles. The molecule has 1 heterocycles. The van der Waals surface area contributed by atoms with Crippen molar-refractivity contribution in [3.63, 3.8) is 0 Å². The zero-order valence-electron chi connectivity index (χ0n) is 10.8. The fourth-order valence-electron chi connectivity index (χ4n) is 2.23. The van der Waals surface area contributed by atoms with Crippen molar-refractivity contribution in [3.8, 4) is 11.3 Å². The summed E-state index contributed by atoms with van der Waals surface area (Å²) >= 11 is 0. The van der Waals surface area contributed by atoms with Gasteiger partial charge in [0.1, 0.15) is 5.82 Å². The lowest BCUT2D eigenvalue weighted by Crippen LogP contribution is -2.03. The Balaban J connectivity index is 2.15. The lowest BCUT2D eigenvalue weighted by Gasteiger charge is -2.06. The molecule has 0 saturated carbocycles. The number of aromatic nitrogens is 2. The second kappa shape index (κ2) is 4.78. The molecule has 3 aromatic rings. The Morgan fingerprint density at radius 2 is 1.74 bits per heavy atom. The molecule has 1 aromatic heterocycles. The molecule has 0 aliphatic heterocycles. The Bertz CT molecular complexity index is 735. The van der Waals surface area contributed by atoms with E-state index in [0.717, 1.165) is 22.8 Å². The van der Waals surface area contributed by atoms with Crippen LogP contribution in [0, 0.1) is 6.92 Å². The molecule has 3 rings (SSSR count). The van der Waals surface area contributed by atoms with Gasteiger partial charge in [0.25, 0.3) is 0 Å². The van der Waals surface area contributed by atoms with E-state index in [-0.39, 0.29) is 0 Å². The third-order valence-corrected chi connectivity index (χ3v) is 3.15. The van der Waals surface area contributed by atoms with E-state index in [4.69, 9.17) is 5.73 Å². The van der Waals surface area contributed by atoms with E-state index in [1.54, 1.807) is 0 Å². The molecule has 3 heteroatoms. The van der Waals surface area contributed by atoms with Crippen LogP contribution in [0.1, 0.15) is 11.5 Å². The van der Waals surface area contributed by atoms with Crippen LogP contribution in [0.4, 0.5) is 0 Å². The van der Waals surface area contributed by atoms with Gasteiger partial charge >= 0.3 is 0 Å². The van der Waals surface area contributed by atoms with Gasteiger partial charge in [-0.3, -0.25) is 0 Å². The number of fused-ring (bicyclic) bond motifs is 1. The van der Waals surface area contributed by atoms with Gasteiger partial charge in [0.05, 0.1) is 11.4 Å². The molecule has 0 bridgehead atoms. The number of benzene rings is 2. The number of hydrogen-bond donors (Lipinski definition) is 1. The summed E-state index contributed by atoms with van der Waals surface area (Å²) in [6.07, 6.45) is 0. The van der Waals surface area contributed by atoms with E-state index >= 15 is 0 Å². The van der Waals surface area contributed by atoms with Crippen molar-refractivity contribution in [2.75, 3.05) is 0 Å². The zero-order valence-corrected chi connectivity index (χ0v) is 10.8. The zero-order chi connectivity index (χ0) is 13.2. The lowest BCUT2D eigenvalue weighted by molar-refractivity contribution is 0.929. The highest BCUT2D eigenvalue weighted by atomic mass is 14.9. The monoisotopic (exact) mass is 249 g/mol. The van der Waals surface area contributed by atoms with Gasteiger partial charge < -0.3 is 5.73 Å².